The van der Waals surface area contributed by atoms with Gasteiger partial charge in [0.05, 0.1) is 12.5 Å². The number of nitrogens with zero attached hydrogens (tertiary/aromatic N) is 2. The molecule has 0 radical (unpaired) electrons. The van der Waals surface area contributed by atoms with Gasteiger partial charge in [-0.1, -0.05) is 39.8 Å². The molecule has 2 N–H and O–H groups in total. The Balaban J connectivity index is 1.73. The van der Waals surface area contributed by atoms with Gasteiger partial charge in [-0.15, -0.1) is 0 Å². The van der Waals surface area contributed by atoms with E-state index in [1.54, 1.807) is 6.92 Å². The van der Waals surface area contributed by atoms with Gasteiger partial charge in [-0.3, -0.25) is 4.79 Å². The molecule has 0 aromatic heterocycles. The fraction of sp³-hybridized carbons (Fsp3) is 0.615. The summed E-state index contributed by atoms with van der Waals surface area (Å²) < 4.78 is 1.94. The molecule has 31 heavy (non-hydrogen) atoms. The van der Waals surface area contributed by atoms with E-state index in [9.17, 15) is 9.90 Å². The van der Waals surface area contributed by atoms with Crippen LogP contribution in [0.4, 0.5) is 0 Å². The molecule has 0 aromatic rings. The van der Waals surface area contributed by atoms with Crippen molar-refractivity contribution in [2.45, 2.75) is 60.0 Å². The van der Waals surface area contributed by atoms with Crippen LogP contribution >= 0.6 is 0 Å². The van der Waals surface area contributed by atoms with Crippen LogP contribution in [-0.2, 0) is 4.79 Å². The smallest absolute Gasteiger partial charge is 0.258 e. The second-order valence-corrected chi connectivity index (χ2v) is 10.5. The maximum atomic E-state index is 13.0. The molecule has 2 heterocycles. The highest BCUT2D eigenvalue weighted by Gasteiger charge is 2.39. The molecule has 0 aromatic carbocycles. The molecular formula is C26H40N3O2+. The summed E-state index contributed by atoms with van der Waals surface area (Å²) in [6.07, 6.45) is 14.5. The highest BCUT2D eigenvalue weighted by atomic mass is 16.3. The van der Waals surface area contributed by atoms with Gasteiger partial charge >= 0.3 is 0 Å². The Labute approximate surface area is 187 Å². The van der Waals surface area contributed by atoms with Crippen molar-refractivity contribution in [1.29, 1.82) is 0 Å². The first kappa shape index (κ1) is 23.5. The lowest BCUT2D eigenvalue weighted by Crippen LogP contribution is -2.51. The summed E-state index contributed by atoms with van der Waals surface area (Å²) in [5, 5.41) is 14.0. The Kier molecular flexibility index (Phi) is 6.66. The summed E-state index contributed by atoms with van der Waals surface area (Å²) in [6.45, 7) is 14.1. The number of carbonyl (C=O) groups is 1. The minimum atomic E-state index is -1.50. The third-order valence-corrected chi connectivity index (χ3v) is 7.48. The van der Waals surface area contributed by atoms with Gasteiger partial charge < -0.3 is 15.3 Å². The van der Waals surface area contributed by atoms with Crippen LogP contribution in [-0.4, -0.2) is 52.4 Å². The first-order valence-electron chi connectivity index (χ1n) is 11.6. The summed E-state index contributed by atoms with van der Waals surface area (Å²) >= 11 is 0. The quantitative estimate of drug-likeness (QED) is 0.657. The molecule has 3 aliphatic rings. The molecule has 0 saturated heterocycles. The predicted octanol–water partition coefficient (Wildman–Crippen LogP) is 3.83. The molecule has 4 atom stereocenters. The van der Waals surface area contributed by atoms with Crippen molar-refractivity contribution in [1.82, 2.24) is 10.2 Å². The molecule has 1 aliphatic carbocycles. The van der Waals surface area contributed by atoms with Crippen molar-refractivity contribution in [2.75, 3.05) is 20.1 Å². The molecule has 0 fully saturated rings. The first-order valence-corrected chi connectivity index (χ1v) is 11.6. The molecule has 0 bridgehead atoms. The number of hydrogen-bond acceptors (Lipinski definition) is 3. The maximum Gasteiger partial charge on any atom is 0.258 e. The lowest BCUT2D eigenvalue weighted by atomic mass is 9.68. The van der Waals surface area contributed by atoms with Crippen LogP contribution in [0.25, 0.3) is 0 Å². The fourth-order valence-electron chi connectivity index (χ4n) is 4.87. The summed E-state index contributed by atoms with van der Waals surface area (Å²) in [6, 6.07) is 0. The SMILES string of the molecule is CC1C=CC(NC(=O)[C@@](C)(O)CN2CCC3=C2C=CC(C)(C(C)C)C(C)C3)=C[N+](C)=C1. The summed E-state index contributed by atoms with van der Waals surface area (Å²) in [4.78, 5) is 15.2. The van der Waals surface area contributed by atoms with Gasteiger partial charge in [-0.25, -0.2) is 4.58 Å². The third kappa shape index (κ3) is 5.03. The van der Waals surface area contributed by atoms with Crippen LogP contribution < -0.4 is 5.32 Å². The molecule has 0 spiro atoms. The topological polar surface area (TPSA) is 55.6 Å². The van der Waals surface area contributed by atoms with E-state index in [1.807, 2.05) is 30.0 Å². The largest absolute Gasteiger partial charge is 0.378 e. The maximum absolute atomic E-state index is 13.0. The minimum Gasteiger partial charge on any atom is -0.378 e. The molecule has 5 heteroatoms. The van der Waals surface area contributed by atoms with Crippen molar-refractivity contribution in [3.8, 4) is 0 Å². The van der Waals surface area contributed by atoms with E-state index in [0.717, 1.165) is 19.4 Å². The lowest BCUT2D eigenvalue weighted by Gasteiger charge is -2.36. The summed E-state index contributed by atoms with van der Waals surface area (Å²) in [5.74, 6) is 1.02. The van der Waals surface area contributed by atoms with E-state index in [1.165, 1.54) is 11.3 Å². The third-order valence-electron chi connectivity index (χ3n) is 7.48. The average molecular weight is 427 g/mol. The van der Waals surface area contributed by atoms with Crippen molar-refractivity contribution >= 4 is 12.1 Å². The van der Waals surface area contributed by atoms with Crippen LogP contribution in [0.15, 0.2) is 47.5 Å². The van der Waals surface area contributed by atoms with E-state index in [4.69, 9.17) is 0 Å². The lowest BCUT2D eigenvalue weighted by molar-refractivity contribution is -0.419. The standard InChI is InChI=1S/C26H39N3O2/c1-18(2)25(5)12-10-23-21(14-20(25)4)11-13-29(23)17-26(6,31)24(30)27-22-9-8-19(3)15-28(7)16-22/h8-10,12,15-16,18-20,31H,11,13-14,17H2,1-7H3/p+1/t19?,20?,25?,26-/m0/s1. The average Bonchev–Trinajstić information content (AvgIpc) is 2.86. The zero-order valence-electron chi connectivity index (χ0n) is 20.3. The van der Waals surface area contributed by atoms with Crippen LogP contribution in [0.3, 0.4) is 0 Å². The molecule has 2 aliphatic heterocycles. The summed E-state index contributed by atoms with van der Waals surface area (Å²) in [5.41, 5.74) is 1.98. The van der Waals surface area contributed by atoms with Crippen LogP contribution in [0.5, 0.6) is 0 Å². The highest BCUT2D eigenvalue weighted by molar-refractivity contribution is 5.86. The molecule has 170 valence electrons. The number of β-amino-alcohol motifs (C(OH)–C–C–N with tert-alkyl or cyclic N) is 1. The van der Waals surface area contributed by atoms with Gasteiger partial charge in [0.15, 0.2) is 18.0 Å². The Morgan fingerprint density at radius 1 is 1.39 bits per heavy atom. The Morgan fingerprint density at radius 3 is 2.77 bits per heavy atom. The van der Waals surface area contributed by atoms with Crippen LogP contribution in [0.1, 0.15) is 54.4 Å². The van der Waals surface area contributed by atoms with Gasteiger partial charge in [0.1, 0.15) is 12.7 Å². The van der Waals surface area contributed by atoms with Crippen molar-refractivity contribution in [3.05, 3.63) is 47.5 Å². The van der Waals surface area contributed by atoms with E-state index < -0.39 is 5.60 Å². The first-order chi connectivity index (χ1) is 14.4. The van der Waals surface area contributed by atoms with Gasteiger partial charge in [0, 0.05) is 12.2 Å². The number of rotatable bonds is 5. The molecule has 5 nitrogen and oxygen atoms in total. The number of aliphatic hydroxyl groups is 1. The van der Waals surface area contributed by atoms with E-state index >= 15 is 0 Å². The van der Waals surface area contributed by atoms with E-state index in [0.29, 0.717) is 17.5 Å². The Morgan fingerprint density at radius 2 is 2.10 bits per heavy atom. The Bertz CT molecular complexity index is 875. The molecule has 0 saturated carbocycles. The Hall–Kier alpha value is -2.14. The summed E-state index contributed by atoms with van der Waals surface area (Å²) in [7, 11) is 1.94. The van der Waals surface area contributed by atoms with Crippen LogP contribution in [0, 0.1) is 23.2 Å². The van der Waals surface area contributed by atoms with Crippen molar-refractivity contribution < 1.29 is 14.5 Å². The number of amides is 1. The van der Waals surface area contributed by atoms with Gasteiger partial charge in [-0.2, -0.15) is 0 Å². The zero-order valence-corrected chi connectivity index (χ0v) is 20.3. The number of carbonyl (C=O) groups excluding carboxylic acids is 1. The van der Waals surface area contributed by atoms with Crippen molar-refractivity contribution in [2.24, 2.45) is 23.2 Å². The van der Waals surface area contributed by atoms with E-state index in [-0.39, 0.29) is 23.8 Å². The number of allylic oxidation sites excluding steroid dienone is 4. The molecular weight excluding hydrogens is 386 g/mol. The zero-order chi connectivity index (χ0) is 23.0. The number of hydrogen-bond donors (Lipinski definition) is 2. The monoisotopic (exact) mass is 426 g/mol. The van der Waals surface area contributed by atoms with E-state index in [2.05, 4.69) is 63.2 Å². The molecule has 1 amide bonds. The second kappa shape index (κ2) is 8.78. The van der Waals surface area contributed by atoms with Crippen molar-refractivity contribution in [3.63, 3.8) is 0 Å². The molecule has 3 rings (SSSR count). The van der Waals surface area contributed by atoms with Gasteiger partial charge in [0.25, 0.3) is 5.91 Å². The predicted molar refractivity (Wildman–Crippen MR) is 126 cm³/mol. The van der Waals surface area contributed by atoms with Gasteiger partial charge in [0.2, 0.25) is 0 Å². The van der Waals surface area contributed by atoms with Gasteiger partial charge in [-0.05, 0) is 61.7 Å². The minimum absolute atomic E-state index is 0.147. The highest BCUT2D eigenvalue weighted by Crippen LogP contribution is 2.45. The second-order valence-electron chi connectivity index (χ2n) is 10.5. The molecule has 3 unspecified atom stereocenters. The fourth-order valence-corrected chi connectivity index (χ4v) is 4.87. The number of nitrogens with one attached hydrogen (secondary N) is 1. The van der Waals surface area contributed by atoms with Crippen LogP contribution in [0.2, 0.25) is 0 Å². The normalized spacial score (nSPS) is 30.4.